The van der Waals surface area contributed by atoms with Crippen molar-refractivity contribution in [3.8, 4) is 5.69 Å². The van der Waals surface area contributed by atoms with E-state index in [9.17, 15) is 4.79 Å². The predicted molar refractivity (Wildman–Crippen MR) is 87.5 cm³/mol. The molecule has 0 aliphatic rings. The lowest BCUT2D eigenvalue weighted by Crippen LogP contribution is -2.20. The molecule has 0 bridgehead atoms. The summed E-state index contributed by atoms with van der Waals surface area (Å²) in [5.41, 5.74) is 8.92. The van der Waals surface area contributed by atoms with Crippen molar-refractivity contribution in [1.82, 2.24) is 9.99 Å². The Morgan fingerprint density at radius 1 is 1.27 bits per heavy atom. The van der Waals surface area contributed by atoms with E-state index in [1.165, 1.54) is 11.1 Å². The Kier molecular flexibility index (Phi) is 4.78. The molecule has 1 aromatic heterocycles. The van der Waals surface area contributed by atoms with Crippen molar-refractivity contribution in [1.29, 1.82) is 0 Å². The highest BCUT2D eigenvalue weighted by atomic mass is 16.3. The van der Waals surface area contributed by atoms with Gasteiger partial charge in [-0.05, 0) is 45.4 Å². The Morgan fingerprint density at radius 2 is 2.00 bits per heavy atom. The van der Waals surface area contributed by atoms with Gasteiger partial charge in [-0.3, -0.25) is 4.79 Å². The minimum Gasteiger partial charge on any atom is -0.386 e. The minimum atomic E-state index is -0.571. The van der Waals surface area contributed by atoms with Gasteiger partial charge in [-0.15, -0.1) is 0 Å². The number of amides is 1. The molecule has 0 spiro atoms. The number of rotatable bonds is 4. The first kappa shape index (κ1) is 16.0. The second-order valence-electron chi connectivity index (χ2n) is 5.40. The van der Waals surface area contributed by atoms with Crippen LogP contribution in [-0.4, -0.2) is 28.4 Å². The standard InChI is InChI=1S/C17H21N3O2/c1-11-5-6-16(12(2)7-11)20-13(3)8-15(14(20)4)9-18-19-17(22)10-21/h5-9,21H,10H2,1-4H3,(H,19,22). The highest BCUT2D eigenvalue weighted by Gasteiger charge is 2.11. The molecule has 1 heterocycles. The number of hydrogen-bond donors (Lipinski definition) is 2. The van der Waals surface area contributed by atoms with Gasteiger partial charge in [0.2, 0.25) is 0 Å². The zero-order chi connectivity index (χ0) is 16.3. The van der Waals surface area contributed by atoms with E-state index in [0.29, 0.717) is 0 Å². The number of hydrogen-bond acceptors (Lipinski definition) is 3. The van der Waals surface area contributed by atoms with Crippen LogP contribution >= 0.6 is 0 Å². The molecule has 1 amide bonds. The minimum absolute atomic E-state index is 0.528. The molecule has 2 N–H and O–H groups in total. The van der Waals surface area contributed by atoms with Gasteiger partial charge in [-0.1, -0.05) is 17.7 Å². The van der Waals surface area contributed by atoms with Gasteiger partial charge >= 0.3 is 0 Å². The summed E-state index contributed by atoms with van der Waals surface area (Å²) in [4.78, 5) is 11.0. The molecule has 0 aliphatic carbocycles. The first-order valence-electron chi connectivity index (χ1n) is 7.13. The largest absolute Gasteiger partial charge is 0.386 e. The topological polar surface area (TPSA) is 66.6 Å². The Hall–Kier alpha value is -2.40. The average Bonchev–Trinajstić information content (AvgIpc) is 2.74. The van der Waals surface area contributed by atoms with Crippen LogP contribution in [0.3, 0.4) is 0 Å². The molecule has 2 rings (SSSR count). The maximum Gasteiger partial charge on any atom is 0.265 e. The number of aliphatic hydroxyl groups excluding tert-OH is 1. The second kappa shape index (κ2) is 6.58. The average molecular weight is 299 g/mol. The van der Waals surface area contributed by atoms with Crippen molar-refractivity contribution in [3.63, 3.8) is 0 Å². The number of carbonyl (C=O) groups excluding carboxylic acids is 1. The van der Waals surface area contributed by atoms with Crippen LogP contribution in [0.15, 0.2) is 29.4 Å². The van der Waals surface area contributed by atoms with Gasteiger partial charge in [-0.25, -0.2) is 5.43 Å². The smallest absolute Gasteiger partial charge is 0.265 e. The number of nitrogens with one attached hydrogen (secondary N) is 1. The van der Waals surface area contributed by atoms with Crippen LogP contribution in [0, 0.1) is 27.7 Å². The van der Waals surface area contributed by atoms with Gasteiger partial charge in [0, 0.05) is 22.6 Å². The van der Waals surface area contributed by atoms with Crippen LogP contribution < -0.4 is 5.43 Å². The first-order valence-corrected chi connectivity index (χ1v) is 7.13. The lowest BCUT2D eigenvalue weighted by molar-refractivity contribution is -0.123. The van der Waals surface area contributed by atoms with E-state index >= 15 is 0 Å². The van der Waals surface area contributed by atoms with E-state index in [4.69, 9.17) is 5.11 Å². The Balaban J connectivity index is 2.37. The normalized spacial score (nSPS) is 11.1. The number of aliphatic hydroxyl groups is 1. The molecule has 0 saturated carbocycles. The van der Waals surface area contributed by atoms with Crippen LogP contribution in [0.25, 0.3) is 5.69 Å². The number of benzene rings is 1. The third-order valence-corrected chi connectivity index (χ3v) is 3.60. The number of hydrazone groups is 1. The maximum atomic E-state index is 11.0. The van der Waals surface area contributed by atoms with Gasteiger partial charge in [0.1, 0.15) is 6.61 Å². The van der Waals surface area contributed by atoms with E-state index in [-0.39, 0.29) is 0 Å². The molecule has 5 nitrogen and oxygen atoms in total. The Bertz CT molecular complexity index is 730. The number of carbonyl (C=O) groups is 1. The molecule has 0 unspecified atom stereocenters. The SMILES string of the molecule is Cc1ccc(-n2c(C)cc(C=NNC(=O)CO)c2C)c(C)c1. The van der Waals surface area contributed by atoms with Crippen LogP contribution in [0.2, 0.25) is 0 Å². The zero-order valence-corrected chi connectivity index (χ0v) is 13.3. The Morgan fingerprint density at radius 3 is 2.64 bits per heavy atom. The second-order valence-corrected chi connectivity index (χ2v) is 5.40. The summed E-state index contributed by atoms with van der Waals surface area (Å²) in [6.45, 7) is 7.65. The van der Waals surface area contributed by atoms with Crippen LogP contribution in [-0.2, 0) is 4.79 Å². The van der Waals surface area contributed by atoms with Crippen molar-refractivity contribution in [2.45, 2.75) is 27.7 Å². The summed E-state index contributed by atoms with van der Waals surface area (Å²) < 4.78 is 2.17. The molecule has 1 aromatic carbocycles. The fourth-order valence-electron chi connectivity index (χ4n) is 2.55. The van der Waals surface area contributed by atoms with Crippen LogP contribution in [0.4, 0.5) is 0 Å². The molecule has 0 atom stereocenters. The molecule has 116 valence electrons. The van der Waals surface area contributed by atoms with E-state index in [2.05, 4.69) is 47.1 Å². The van der Waals surface area contributed by atoms with Crippen molar-refractivity contribution >= 4 is 12.1 Å². The molecule has 2 aromatic rings. The summed E-state index contributed by atoms with van der Waals surface area (Å²) in [6.07, 6.45) is 1.59. The molecular formula is C17H21N3O2. The van der Waals surface area contributed by atoms with E-state index < -0.39 is 12.5 Å². The first-order chi connectivity index (χ1) is 10.4. The van der Waals surface area contributed by atoms with Crippen LogP contribution in [0.5, 0.6) is 0 Å². The molecule has 0 fully saturated rings. The highest BCUT2D eigenvalue weighted by Crippen LogP contribution is 2.23. The number of aromatic nitrogens is 1. The summed E-state index contributed by atoms with van der Waals surface area (Å²) in [5.74, 6) is -0.528. The van der Waals surface area contributed by atoms with Gasteiger partial charge in [0.25, 0.3) is 5.91 Å². The van der Waals surface area contributed by atoms with Gasteiger partial charge in [0.15, 0.2) is 0 Å². The lowest BCUT2D eigenvalue weighted by atomic mass is 10.1. The molecule has 5 heteroatoms. The summed E-state index contributed by atoms with van der Waals surface area (Å²) in [5, 5.41) is 12.5. The van der Waals surface area contributed by atoms with E-state index in [0.717, 1.165) is 22.6 Å². The van der Waals surface area contributed by atoms with E-state index in [1.807, 2.05) is 19.9 Å². The molecule has 0 radical (unpaired) electrons. The van der Waals surface area contributed by atoms with E-state index in [1.54, 1.807) is 6.21 Å². The van der Waals surface area contributed by atoms with Gasteiger partial charge in [-0.2, -0.15) is 5.10 Å². The lowest BCUT2D eigenvalue weighted by Gasteiger charge is -2.13. The molecule has 22 heavy (non-hydrogen) atoms. The van der Waals surface area contributed by atoms with Crippen molar-refractivity contribution in [3.05, 3.63) is 52.3 Å². The summed E-state index contributed by atoms with van der Waals surface area (Å²) >= 11 is 0. The Labute approximate surface area is 130 Å². The summed E-state index contributed by atoms with van der Waals surface area (Å²) in [6, 6.07) is 8.38. The highest BCUT2D eigenvalue weighted by molar-refractivity contribution is 5.84. The monoisotopic (exact) mass is 299 g/mol. The van der Waals surface area contributed by atoms with Crippen molar-refractivity contribution in [2.24, 2.45) is 5.10 Å². The summed E-state index contributed by atoms with van der Waals surface area (Å²) in [7, 11) is 0. The van der Waals surface area contributed by atoms with Crippen molar-refractivity contribution in [2.75, 3.05) is 6.61 Å². The third kappa shape index (κ3) is 3.26. The van der Waals surface area contributed by atoms with Crippen molar-refractivity contribution < 1.29 is 9.90 Å². The predicted octanol–water partition coefficient (Wildman–Crippen LogP) is 2.15. The van der Waals surface area contributed by atoms with Crippen LogP contribution in [0.1, 0.15) is 28.1 Å². The fourth-order valence-corrected chi connectivity index (χ4v) is 2.55. The quantitative estimate of drug-likeness (QED) is 0.671. The van der Waals surface area contributed by atoms with Gasteiger partial charge in [0.05, 0.1) is 6.21 Å². The number of nitrogens with zero attached hydrogens (tertiary/aromatic N) is 2. The molecule has 0 saturated heterocycles. The molecular weight excluding hydrogens is 278 g/mol. The maximum absolute atomic E-state index is 11.0. The fraction of sp³-hybridized carbons (Fsp3) is 0.294. The third-order valence-electron chi connectivity index (χ3n) is 3.60. The van der Waals surface area contributed by atoms with Gasteiger partial charge < -0.3 is 9.67 Å². The number of aryl methyl sites for hydroxylation is 3. The molecule has 0 aliphatic heterocycles. The zero-order valence-electron chi connectivity index (χ0n) is 13.3.